The highest BCUT2D eigenvalue weighted by molar-refractivity contribution is 6.31. The molecule has 0 atom stereocenters. The molecule has 0 saturated heterocycles. The SMILES string of the molecule is CCCCn1c(=O)c2oc3ccccc3c2n(CC(=O)Nc2cc(Cl)ccc2C)c1=O. The molecular formula is C23H22ClN3O4. The number of carbonyl (C=O) groups excluding carboxylic acids is 1. The third-order valence-corrected chi connectivity index (χ3v) is 5.49. The van der Waals surface area contributed by atoms with Crippen LogP contribution < -0.4 is 16.6 Å². The molecule has 1 N–H and O–H groups in total. The van der Waals surface area contributed by atoms with Crippen molar-refractivity contribution >= 4 is 45.3 Å². The number of halogens is 1. The number of amides is 1. The Bertz CT molecular complexity index is 1410. The first kappa shape index (κ1) is 20.9. The van der Waals surface area contributed by atoms with Crippen LogP contribution in [-0.2, 0) is 17.9 Å². The van der Waals surface area contributed by atoms with Crippen molar-refractivity contribution in [1.29, 1.82) is 0 Å². The van der Waals surface area contributed by atoms with Crippen LogP contribution in [0.4, 0.5) is 5.69 Å². The van der Waals surface area contributed by atoms with E-state index < -0.39 is 17.2 Å². The standard InChI is InChI=1S/C23H22ClN3O4/c1-3-4-11-26-22(29)21-20(16-7-5-6-8-18(16)31-21)27(23(26)30)13-19(28)25-17-12-15(24)10-9-14(17)2/h5-10,12H,3-4,11,13H2,1-2H3,(H,25,28). The van der Waals surface area contributed by atoms with Gasteiger partial charge in [0.1, 0.15) is 17.6 Å². The van der Waals surface area contributed by atoms with Crippen LogP contribution in [0.15, 0.2) is 56.5 Å². The predicted octanol–water partition coefficient (Wildman–Crippen LogP) is 4.31. The Morgan fingerprint density at radius 1 is 1.13 bits per heavy atom. The summed E-state index contributed by atoms with van der Waals surface area (Å²) >= 11 is 6.04. The minimum atomic E-state index is -0.532. The van der Waals surface area contributed by atoms with Gasteiger partial charge in [-0.25, -0.2) is 4.79 Å². The number of aromatic nitrogens is 2. The molecular weight excluding hydrogens is 418 g/mol. The average Bonchev–Trinajstić information content (AvgIpc) is 3.13. The molecule has 0 aliphatic heterocycles. The molecule has 0 unspecified atom stereocenters. The van der Waals surface area contributed by atoms with Gasteiger partial charge in [-0.1, -0.05) is 43.1 Å². The van der Waals surface area contributed by atoms with Crippen molar-refractivity contribution in [2.45, 2.75) is 39.8 Å². The van der Waals surface area contributed by atoms with Gasteiger partial charge in [0.15, 0.2) is 0 Å². The lowest BCUT2D eigenvalue weighted by molar-refractivity contribution is -0.116. The largest absolute Gasteiger partial charge is 0.449 e. The molecule has 2 heterocycles. The van der Waals surface area contributed by atoms with Gasteiger partial charge in [0.05, 0.1) is 0 Å². The molecule has 31 heavy (non-hydrogen) atoms. The zero-order valence-corrected chi connectivity index (χ0v) is 18.0. The van der Waals surface area contributed by atoms with E-state index in [9.17, 15) is 14.4 Å². The third kappa shape index (κ3) is 3.88. The van der Waals surface area contributed by atoms with Crippen molar-refractivity contribution in [3.63, 3.8) is 0 Å². The maximum absolute atomic E-state index is 13.2. The number of unbranched alkanes of at least 4 members (excludes halogenated alkanes) is 1. The number of carbonyl (C=O) groups is 1. The fourth-order valence-electron chi connectivity index (χ4n) is 3.62. The van der Waals surface area contributed by atoms with Crippen LogP contribution in [0.25, 0.3) is 22.1 Å². The van der Waals surface area contributed by atoms with Gasteiger partial charge in [-0.05, 0) is 43.2 Å². The van der Waals surface area contributed by atoms with Crippen LogP contribution in [0.1, 0.15) is 25.3 Å². The van der Waals surface area contributed by atoms with Gasteiger partial charge in [-0.2, -0.15) is 0 Å². The molecule has 0 aliphatic rings. The van der Waals surface area contributed by atoms with Gasteiger partial charge in [-0.15, -0.1) is 0 Å². The Kier molecular flexibility index (Phi) is 5.69. The maximum Gasteiger partial charge on any atom is 0.332 e. The second-order valence-corrected chi connectivity index (χ2v) is 7.90. The second kappa shape index (κ2) is 8.43. The lowest BCUT2D eigenvalue weighted by atomic mass is 10.2. The summed E-state index contributed by atoms with van der Waals surface area (Å²) in [6.45, 7) is 3.82. The first-order chi connectivity index (χ1) is 14.9. The van der Waals surface area contributed by atoms with E-state index in [1.807, 2.05) is 13.8 Å². The number of nitrogens with one attached hydrogen (secondary N) is 1. The number of aryl methyl sites for hydroxylation is 1. The summed E-state index contributed by atoms with van der Waals surface area (Å²) < 4.78 is 8.25. The fourth-order valence-corrected chi connectivity index (χ4v) is 3.79. The Hall–Kier alpha value is -3.32. The number of para-hydroxylation sites is 1. The summed E-state index contributed by atoms with van der Waals surface area (Å²) in [6.07, 6.45) is 1.48. The molecule has 8 heteroatoms. The summed E-state index contributed by atoms with van der Waals surface area (Å²) in [5.74, 6) is -0.403. The first-order valence-electron chi connectivity index (χ1n) is 10.1. The smallest absolute Gasteiger partial charge is 0.332 e. The molecule has 1 amide bonds. The van der Waals surface area contributed by atoms with E-state index in [-0.39, 0.29) is 18.7 Å². The Morgan fingerprint density at radius 2 is 1.90 bits per heavy atom. The van der Waals surface area contributed by atoms with Gasteiger partial charge in [0.25, 0.3) is 5.56 Å². The summed E-state index contributed by atoms with van der Waals surface area (Å²) in [4.78, 5) is 39.1. The van der Waals surface area contributed by atoms with Gasteiger partial charge in [0.2, 0.25) is 11.5 Å². The number of furan rings is 1. The van der Waals surface area contributed by atoms with E-state index in [0.29, 0.717) is 33.6 Å². The Labute approximate surface area is 182 Å². The van der Waals surface area contributed by atoms with Crippen LogP contribution in [0.2, 0.25) is 5.02 Å². The minimum absolute atomic E-state index is 0.0728. The molecule has 4 rings (SSSR count). The van der Waals surface area contributed by atoms with E-state index >= 15 is 0 Å². The topological polar surface area (TPSA) is 86.2 Å². The average molecular weight is 440 g/mol. The van der Waals surface area contributed by atoms with Crippen molar-refractivity contribution in [3.05, 3.63) is 73.9 Å². The first-order valence-corrected chi connectivity index (χ1v) is 10.5. The third-order valence-electron chi connectivity index (χ3n) is 5.25. The highest BCUT2D eigenvalue weighted by Gasteiger charge is 2.21. The minimum Gasteiger partial charge on any atom is -0.449 e. The molecule has 0 fully saturated rings. The Balaban J connectivity index is 1.85. The number of hydrogen-bond acceptors (Lipinski definition) is 4. The molecule has 160 valence electrons. The number of rotatable bonds is 6. The normalized spacial score (nSPS) is 11.3. The van der Waals surface area contributed by atoms with Gasteiger partial charge < -0.3 is 9.73 Å². The molecule has 7 nitrogen and oxygen atoms in total. The zero-order chi connectivity index (χ0) is 22.1. The van der Waals surface area contributed by atoms with E-state index in [4.69, 9.17) is 16.0 Å². The van der Waals surface area contributed by atoms with Crippen LogP contribution in [0.5, 0.6) is 0 Å². The number of benzene rings is 2. The predicted molar refractivity (Wildman–Crippen MR) is 122 cm³/mol. The molecule has 0 saturated carbocycles. The van der Waals surface area contributed by atoms with Crippen LogP contribution in [0, 0.1) is 6.92 Å². The number of nitrogens with zero attached hydrogens (tertiary/aromatic N) is 2. The van der Waals surface area contributed by atoms with Crippen LogP contribution >= 0.6 is 11.6 Å². The van der Waals surface area contributed by atoms with Crippen molar-refractivity contribution in [2.24, 2.45) is 0 Å². The summed E-state index contributed by atoms with van der Waals surface area (Å²) in [5.41, 5.74) is 1.29. The van der Waals surface area contributed by atoms with E-state index in [0.717, 1.165) is 16.6 Å². The van der Waals surface area contributed by atoms with E-state index in [2.05, 4.69) is 5.32 Å². The second-order valence-electron chi connectivity index (χ2n) is 7.46. The fraction of sp³-hybridized carbons (Fsp3) is 0.261. The van der Waals surface area contributed by atoms with Gasteiger partial charge >= 0.3 is 5.69 Å². The van der Waals surface area contributed by atoms with E-state index in [1.54, 1.807) is 42.5 Å². The van der Waals surface area contributed by atoms with Crippen LogP contribution in [0.3, 0.4) is 0 Å². The van der Waals surface area contributed by atoms with Crippen molar-refractivity contribution in [2.75, 3.05) is 5.32 Å². The lowest BCUT2D eigenvalue weighted by Crippen LogP contribution is -2.41. The molecule has 0 aliphatic carbocycles. The maximum atomic E-state index is 13.2. The number of hydrogen-bond donors (Lipinski definition) is 1. The highest BCUT2D eigenvalue weighted by atomic mass is 35.5. The van der Waals surface area contributed by atoms with Crippen molar-refractivity contribution in [1.82, 2.24) is 9.13 Å². The highest BCUT2D eigenvalue weighted by Crippen LogP contribution is 2.26. The summed E-state index contributed by atoms with van der Waals surface area (Å²) in [6, 6.07) is 12.3. The monoisotopic (exact) mass is 439 g/mol. The van der Waals surface area contributed by atoms with Gasteiger partial charge in [-0.3, -0.25) is 18.7 Å². The van der Waals surface area contributed by atoms with Crippen molar-refractivity contribution < 1.29 is 9.21 Å². The quantitative estimate of drug-likeness (QED) is 0.485. The Morgan fingerprint density at radius 3 is 2.68 bits per heavy atom. The van der Waals surface area contributed by atoms with Gasteiger partial charge in [0, 0.05) is 22.6 Å². The lowest BCUT2D eigenvalue weighted by Gasteiger charge is -2.13. The molecule has 2 aromatic heterocycles. The van der Waals surface area contributed by atoms with Crippen molar-refractivity contribution in [3.8, 4) is 0 Å². The summed E-state index contributed by atoms with van der Waals surface area (Å²) in [7, 11) is 0. The molecule has 4 aromatic rings. The van der Waals surface area contributed by atoms with E-state index in [1.165, 1.54) is 4.57 Å². The summed E-state index contributed by atoms with van der Waals surface area (Å²) in [5, 5.41) is 3.91. The molecule has 0 bridgehead atoms. The molecule has 0 spiro atoms. The number of fused-ring (bicyclic) bond motifs is 3. The number of anilines is 1. The molecule has 2 aromatic carbocycles. The zero-order valence-electron chi connectivity index (χ0n) is 17.3. The van der Waals surface area contributed by atoms with Crippen LogP contribution in [-0.4, -0.2) is 15.0 Å². The molecule has 0 radical (unpaired) electrons.